The third kappa shape index (κ3) is 3.62. The van der Waals surface area contributed by atoms with E-state index in [4.69, 9.17) is 9.15 Å². The summed E-state index contributed by atoms with van der Waals surface area (Å²) in [6, 6.07) is 9.81. The molecule has 2 heterocycles. The molecule has 0 spiro atoms. The molecule has 1 aliphatic carbocycles. The standard InChI is InChI=1S/C24H27NO5/c1-3-13-29-18-10-6-7-16(14-18)22(26)20-21(19-12-11-15(2)30-19)25(24(28)23(20)27)17-8-4-5-9-17/h6-7,10-12,14,17,21,26H,3-5,8-9,13H2,1-2H3/b22-20-. The first-order chi connectivity index (χ1) is 14.5. The Labute approximate surface area is 176 Å². The molecule has 158 valence electrons. The number of ketones is 1. The van der Waals surface area contributed by atoms with Crippen molar-refractivity contribution in [3.8, 4) is 5.75 Å². The van der Waals surface area contributed by atoms with Crippen molar-refractivity contribution in [1.29, 1.82) is 0 Å². The van der Waals surface area contributed by atoms with Crippen molar-refractivity contribution in [2.75, 3.05) is 6.61 Å². The maximum Gasteiger partial charge on any atom is 0.296 e. The molecular weight excluding hydrogens is 382 g/mol. The number of aryl methyl sites for hydroxylation is 1. The average molecular weight is 409 g/mol. The van der Waals surface area contributed by atoms with E-state index in [0.29, 0.717) is 29.4 Å². The lowest BCUT2D eigenvalue weighted by molar-refractivity contribution is -0.141. The SMILES string of the molecule is CCCOc1cccc(/C(O)=C2/C(=O)C(=O)N(C3CCCC3)C2c2ccc(C)o2)c1. The van der Waals surface area contributed by atoms with Gasteiger partial charge in [-0.05, 0) is 50.5 Å². The van der Waals surface area contributed by atoms with Crippen LogP contribution in [0.4, 0.5) is 0 Å². The maximum absolute atomic E-state index is 13.1. The topological polar surface area (TPSA) is 80.0 Å². The smallest absolute Gasteiger partial charge is 0.296 e. The first-order valence-corrected chi connectivity index (χ1v) is 10.6. The molecule has 1 aromatic carbocycles. The fraction of sp³-hybridized carbons (Fsp3) is 0.417. The second-order valence-electron chi connectivity index (χ2n) is 7.97. The Balaban J connectivity index is 1.81. The van der Waals surface area contributed by atoms with Gasteiger partial charge >= 0.3 is 0 Å². The second-order valence-corrected chi connectivity index (χ2v) is 7.97. The summed E-state index contributed by atoms with van der Waals surface area (Å²) in [4.78, 5) is 27.7. The van der Waals surface area contributed by atoms with Crippen LogP contribution in [0.15, 0.2) is 46.4 Å². The molecule has 1 aliphatic heterocycles. The van der Waals surface area contributed by atoms with Crippen LogP contribution in [0.1, 0.15) is 62.2 Å². The lowest BCUT2D eigenvalue weighted by Gasteiger charge is -2.29. The molecule has 2 aromatic rings. The zero-order valence-electron chi connectivity index (χ0n) is 17.4. The van der Waals surface area contributed by atoms with Gasteiger partial charge in [0.05, 0.1) is 12.2 Å². The summed E-state index contributed by atoms with van der Waals surface area (Å²) in [5, 5.41) is 11.1. The summed E-state index contributed by atoms with van der Waals surface area (Å²) >= 11 is 0. The minimum Gasteiger partial charge on any atom is -0.507 e. The lowest BCUT2D eigenvalue weighted by Crippen LogP contribution is -2.37. The van der Waals surface area contributed by atoms with Gasteiger partial charge in [0, 0.05) is 11.6 Å². The van der Waals surface area contributed by atoms with Crippen LogP contribution in [0.5, 0.6) is 5.75 Å². The highest BCUT2D eigenvalue weighted by molar-refractivity contribution is 6.46. The molecule has 0 radical (unpaired) electrons. The second kappa shape index (κ2) is 8.38. The number of nitrogens with zero attached hydrogens (tertiary/aromatic N) is 1. The lowest BCUT2D eigenvalue weighted by atomic mass is 9.98. The number of aliphatic hydroxyl groups excluding tert-OH is 1. The number of carbonyl (C=O) groups excluding carboxylic acids is 2. The van der Waals surface area contributed by atoms with Crippen LogP contribution >= 0.6 is 0 Å². The van der Waals surface area contributed by atoms with E-state index in [1.54, 1.807) is 35.2 Å². The molecule has 1 atom stereocenters. The molecule has 6 nitrogen and oxygen atoms in total. The molecular formula is C24H27NO5. The molecule has 0 bridgehead atoms. The number of hydrogen-bond acceptors (Lipinski definition) is 5. The van der Waals surface area contributed by atoms with Crippen LogP contribution in [0.2, 0.25) is 0 Å². The van der Waals surface area contributed by atoms with Crippen molar-refractivity contribution < 1.29 is 23.8 Å². The highest BCUT2D eigenvalue weighted by atomic mass is 16.5. The van der Waals surface area contributed by atoms with Crippen LogP contribution in [0.25, 0.3) is 5.76 Å². The predicted molar refractivity (Wildman–Crippen MR) is 112 cm³/mol. The number of aliphatic hydroxyl groups is 1. The summed E-state index contributed by atoms with van der Waals surface area (Å²) in [6.07, 6.45) is 4.61. The van der Waals surface area contributed by atoms with Gasteiger partial charge in [-0.25, -0.2) is 0 Å². The van der Waals surface area contributed by atoms with Crippen molar-refractivity contribution >= 4 is 17.4 Å². The Morgan fingerprint density at radius 3 is 2.63 bits per heavy atom. The van der Waals surface area contributed by atoms with E-state index in [9.17, 15) is 14.7 Å². The van der Waals surface area contributed by atoms with Gasteiger partial charge in [-0.2, -0.15) is 0 Å². The fourth-order valence-corrected chi connectivity index (χ4v) is 4.40. The summed E-state index contributed by atoms with van der Waals surface area (Å²) in [5.74, 6) is 0.362. The zero-order chi connectivity index (χ0) is 21.3. The van der Waals surface area contributed by atoms with E-state index in [1.807, 2.05) is 19.9 Å². The number of rotatable bonds is 6. The third-order valence-corrected chi connectivity index (χ3v) is 5.81. The van der Waals surface area contributed by atoms with Gasteiger partial charge in [0.1, 0.15) is 29.1 Å². The third-order valence-electron chi connectivity index (χ3n) is 5.81. The van der Waals surface area contributed by atoms with Crippen molar-refractivity contribution in [2.24, 2.45) is 0 Å². The first kappa shape index (κ1) is 20.3. The maximum atomic E-state index is 13.1. The first-order valence-electron chi connectivity index (χ1n) is 10.6. The van der Waals surface area contributed by atoms with Gasteiger partial charge in [0.15, 0.2) is 0 Å². The molecule has 2 fully saturated rings. The molecule has 1 aromatic heterocycles. The Morgan fingerprint density at radius 1 is 1.20 bits per heavy atom. The van der Waals surface area contributed by atoms with E-state index in [-0.39, 0.29) is 17.4 Å². The summed E-state index contributed by atoms with van der Waals surface area (Å²) in [6.45, 7) is 4.39. The molecule has 30 heavy (non-hydrogen) atoms. The van der Waals surface area contributed by atoms with Crippen LogP contribution in [-0.2, 0) is 9.59 Å². The molecule has 1 saturated heterocycles. The number of Topliss-reactive ketones (excluding diaryl/α,β-unsaturated/α-hetero) is 1. The summed E-state index contributed by atoms with van der Waals surface area (Å²) < 4.78 is 11.5. The normalized spacial score (nSPS) is 21.5. The number of likely N-dealkylation sites (tertiary alicyclic amines) is 1. The zero-order valence-corrected chi connectivity index (χ0v) is 17.4. The number of carbonyl (C=O) groups is 2. The van der Waals surface area contributed by atoms with Gasteiger partial charge in [-0.3, -0.25) is 9.59 Å². The van der Waals surface area contributed by atoms with Crippen molar-refractivity contribution in [1.82, 2.24) is 4.90 Å². The molecule has 1 unspecified atom stereocenters. The Hall–Kier alpha value is -3.02. The van der Waals surface area contributed by atoms with Crippen LogP contribution in [0.3, 0.4) is 0 Å². The van der Waals surface area contributed by atoms with E-state index in [2.05, 4.69) is 0 Å². The van der Waals surface area contributed by atoms with E-state index >= 15 is 0 Å². The van der Waals surface area contributed by atoms with Crippen molar-refractivity contribution in [3.05, 3.63) is 59.1 Å². The Kier molecular flexibility index (Phi) is 5.66. The molecule has 2 aliphatic rings. The van der Waals surface area contributed by atoms with Gasteiger partial charge in [0.2, 0.25) is 0 Å². The molecule has 1 saturated carbocycles. The minimum absolute atomic E-state index is 0.0265. The number of amides is 1. The molecule has 4 rings (SSSR count). The van der Waals surface area contributed by atoms with E-state index in [0.717, 1.165) is 32.1 Å². The van der Waals surface area contributed by atoms with Crippen LogP contribution in [-0.4, -0.2) is 34.3 Å². The number of benzene rings is 1. The molecule has 6 heteroatoms. The van der Waals surface area contributed by atoms with Gasteiger partial charge in [-0.15, -0.1) is 0 Å². The summed E-state index contributed by atoms with van der Waals surface area (Å²) in [5.41, 5.74) is 0.523. The molecule has 1 N–H and O–H groups in total. The summed E-state index contributed by atoms with van der Waals surface area (Å²) in [7, 11) is 0. The average Bonchev–Trinajstić information content (AvgIpc) is 3.47. The van der Waals surface area contributed by atoms with Crippen LogP contribution < -0.4 is 4.74 Å². The highest BCUT2D eigenvalue weighted by Crippen LogP contribution is 2.44. The van der Waals surface area contributed by atoms with Gasteiger partial charge < -0.3 is 19.2 Å². The van der Waals surface area contributed by atoms with Crippen molar-refractivity contribution in [3.63, 3.8) is 0 Å². The Morgan fingerprint density at radius 2 is 1.97 bits per heavy atom. The highest BCUT2D eigenvalue weighted by Gasteiger charge is 2.50. The quantitative estimate of drug-likeness (QED) is 0.423. The predicted octanol–water partition coefficient (Wildman–Crippen LogP) is 4.74. The minimum atomic E-state index is -0.720. The largest absolute Gasteiger partial charge is 0.507 e. The van der Waals surface area contributed by atoms with Gasteiger partial charge in [0.25, 0.3) is 11.7 Å². The van der Waals surface area contributed by atoms with Crippen molar-refractivity contribution in [2.45, 2.75) is 58.0 Å². The fourth-order valence-electron chi connectivity index (χ4n) is 4.40. The van der Waals surface area contributed by atoms with E-state index in [1.165, 1.54) is 0 Å². The van der Waals surface area contributed by atoms with Gasteiger partial charge in [-0.1, -0.05) is 31.9 Å². The van der Waals surface area contributed by atoms with E-state index < -0.39 is 17.7 Å². The number of ether oxygens (including phenoxy) is 1. The Bertz CT molecular complexity index is 983. The monoisotopic (exact) mass is 409 g/mol. The number of furan rings is 1. The molecule has 1 amide bonds. The number of hydrogen-bond donors (Lipinski definition) is 1. The van der Waals surface area contributed by atoms with Crippen LogP contribution in [0, 0.1) is 6.92 Å².